The van der Waals surface area contributed by atoms with Crippen LogP contribution in [0.15, 0.2) is 47.4 Å². The first-order valence-electron chi connectivity index (χ1n) is 8.06. The highest BCUT2D eigenvalue weighted by Crippen LogP contribution is 2.21. The zero-order chi connectivity index (χ0) is 20.0. The summed E-state index contributed by atoms with van der Waals surface area (Å²) in [6.45, 7) is 3.18. The first-order valence-corrected chi connectivity index (χ1v) is 9.76. The Labute approximate surface area is 164 Å². The number of ether oxygens (including phenoxy) is 1. The first kappa shape index (κ1) is 20.6. The van der Waals surface area contributed by atoms with Crippen molar-refractivity contribution in [1.29, 1.82) is 5.26 Å². The van der Waals surface area contributed by atoms with Gasteiger partial charge in [0, 0.05) is 11.4 Å². The summed E-state index contributed by atoms with van der Waals surface area (Å²) in [5, 5.41) is 11.6. The van der Waals surface area contributed by atoms with Gasteiger partial charge < -0.3 is 10.1 Å². The molecule has 2 aromatic carbocycles. The van der Waals surface area contributed by atoms with Gasteiger partial charge in [0.1, 0.15) is 6.07 Å². The van der Waals surface area contributed by atoms with Gasteiger partial charge in [0.15, 0.2) is 6.10 Å². The van der Waals surface area contributed by atoms with Gasteiger partial charge in [0.2, 0.25) is 0 Å². The number of nitrogens with zero attached hydrogens (tertiary/aromatic N) is 1. The van der Waals surface area contributed by atoms with Crippen LogP contribution in [0.25, 0.3) is 0 Å². The van der Waals surface area contributed by atoms with Crippen LogP contribution in [0.4, 0.5) is 5.69 Å². The Morgan fingerprint density at radius 3 is 2.63 bits per heavy atom. The number of amides is 1. The summed E-state index contributed by atoms with van der Waals surface area (Å²) >= 11 is 5.93. The highest BCUT2D eigenvalue weighted by atomic mass is 35.5. The predicted molar refractivity (Wildman–Crippen MR) is 103 cm³/mol. The Balaban J connectivity index is 2.09. The van der Waals surface area contributed by atoms with Crippen molar-refractivity contribution in [2.75, 3.05) is 11.1 Å². The number of benzene rings is 2. The lowest BCUT2D eigenvalue weighted by atomic mass is 10.2. The molecule has 140 valence electrons. The fourth-order valence-electron chi connectivity index (χ4n) is 2.19. The molecular formula is C19H17ClN2O4S. The molecule has 1 amide bonds. The van der Waals surface area contributed by atoms with Crippen molar-refractivity contribution in [3.8, 4) is 6.07 Å². The third-order valence-corrected chi connectivity index (χ3v) is 5.31. The lowest BCUT2D eigenvalue weighted by molar-refractivity contribution is -0.123. The number of esters is 1. The SMILES string of the molecule is CC[S@](=O)c1ccccc1C(=O)O[C@H](C)C(=O)Nc1ccc(C#N)c(Cl)c1. The maximum Gasteiger partial charge on any atom is 0.340 e. The molecule has 6 nitrogen and oxygen atoms in total. The summed E-state index contributed by atoms with van der Waals surface area (Å²) in [4.78, 5) is 25.0. The highest BCUT2D eigenvalue weighted by Gasteiger charge is 2.22. The third kappa shape index (κ3) is 5.16. The van der Waals surface area contributed by atoms with E-state index in [2.05, 4.69) is 5.32 Å². The van der Waals surface area contributed by atoms with Gasteiger partial charge >= 0.3 is 5.97 Å². The molecule has 0 aliphatic carbocycles. The average molecular weight is 405 g/mol. The van der Waals surface area contributed by atoms with Crippen LogP contribution in [0.1, 0.15) is 29.8 Å². The van der Waals surface area contributed by atoms with Crippen molar-refractivity contribution in [3.63, 3.8) is 0 Å². The fraction of sp³-hybridized carbons (Fsp3) is 0.211. The maximum absolute atomic E-state index is 12.4. The molecule has 2 atom stereocenters. The largest absolute Gasteiger partial charge is 0.449 e. The average Bonchev–Trinajstić information content (AvgIpc) is 2.67. The second kappa shape index (κ2) is 9.31. The van der Waals surface area contributed by atoms with Crippen molar-refractivity contribution in [2.45, 2.75) is 24.8 Å². The molecule has 0 bridgehead atoms. The van der Waals surface area contributed by atoms with Crippen molar-refractivity contribution in [3.05, 3.63) is 58.6 Å². The summed E-state index contributed by atoms with van der Waals surface area (Å²) in [6, 6.07) is 12.8. The van der Waals surface area contributed by atoms with E-state index < -0.39 is 28.8 Å². The van der Waals surface area contributed by atoms with Gasteiger partial charge in [-0.2, -0.15) is 5.26 Å². The van der Waals surface area contributed by atoms with E-state index in [1.54, 1.807) is 25.1 Å². The van der Waals surface area contributed by atoms with Gasteiger partial charge in [0.25, 0.3) is 5.91 Å². The van der Waals surface area contributed by atoms with Gasteiger partial charge in [-0.1, -0.05) is 30.7 Å². The lowest BCUT2D eigenvalue weighted by Crippen LogP contribution is -2.30. The Bertz CT molecular complexity index is 940. The van der Waals surface area contributed by atoms with E-state index in [1.807, 2.05) is 6.07 Å². The second-order valence-electron chi connectivity index (χ2n) is 5.47. The molecule has 2 rings (SSSR count). The monoisotopic (exact) mass is 404 g/mol. The number of halogens is 1. The zero-order valence-electron chi connectivity index (χ0n) is 14.7. The summed E-state index contributed by atoms with van der Waals surface area (Å²) in [5.41, 5.74) is 0.827. The summed E-state index contributed by atoms with van der Waals surface area (Å²) in [6.07, 6.45) is -1.09. The van der Waals surface area contributed by atoms with Crippen LogP contribution in [0.5, 0.6) is 0 Å². The van der Waals surface area contributed by atoms with Crippen LogP contribution in [0.3, 0.4) is 0 Å². The minimum Gasteiger partial charge on any atom is -0.449 e. The van der Waals surface area contributed by atoms with Crippen molar-refractivity contribution >= 4 is 40.0 Å². The number of anilines is 1. The summed E-state index contributed by atoms with van der Waals surface area (Å²) in [7, 11) is -1.33. The van der Waals surface area contributed by atoms with E-state index in [0.29, 0.717) is 16.3 Å². The Kier molecular flexibility index (Phi) is 7.11. The molecule has 1 N–H and O–H groups in total. The van der Waals surface area contributed by atoms with Gasteiger partial charge in [-0.25, -0.2) is 4.79 Å². The van der Waals surface area contributed by atoms with E-state index in [9.17, 15) is 13.8 Å². The molecule has 0 fully saturated rings. The van der Waals surface area contributed by atoms with Crippen LogP contribution in [-0.2, 0) is 20.3 Å². The number of carbonyl (C=O) groups excluding carboxylic acids is 2. The molecule has 0 radical (unpaired) electrons. The molecule has 0 saturated carbocycles. The second-order valence-corrected chi connectivity index (χ2v) is 7.59. The minimum absolute atomic E-state index is 0.166. The van der Waals surface area contributed by atoms with Crippen molar-refractivity contribution in [2.24, 2.45) is 0 Å². The molecule has 0 aliphatic rings. The number of carbonyl (C=O) groups is 2. The van der Waals surface area contributed by atoms with Gasteiger partial charge in [-0.05, 0) is 37.3 Å². The summed E-state index contributed by atoms with van der Waals surface area (Å²) in [5.74, 6) is -0.925. The molecule has 27 heavy (non-hydrogen) atoms. The normalized spacial score (nSPS) is 12.5. The van der Waals surface area contributed by atoms with E-state index in [1.165, 1.54) is 31.2 Å². The predicted octanol–water partition coefficient (Wildman–Crippen LogP) is 3.52. The lowest BCUT2D eigenvalue weighted by Gasteiger charge is -2.15. The van der Waals surface area contributed by atoms with Crippen LogP contribution in [0, 0.1) is 11.3 Å². The molecular weight excluding hydrogens is 388 g/mol. The smallest absolute Gasteiger partial charge is 0.340 e. The number of nitriles is 1. The molecule has 2 aromatic rings. The Hall–Kier alpha value is -2.69. The van der Waals surface area contributed by atoms with E-state index in [-0.39, 0.29) is 16.1 Å². The fourth-order valence-corrected chi connectivity index (χ4v) is 3.36. The number of hydrogen-bond donors (Lipinski definition) is 1. The third-order valence-electron chi connectivity index (χ3n) is 3.62. The van der Waals surface area contributed by atoms with Crippen LogP contribution >= 0.6 is 11.6 Å². The number of hydrogen-bond acceptors (Lipinski definition) is 5. The molecule has 0 unspecified atom stereocenters. The Morgan fingerprint density at radius 1 is 1.30 bits per heavy atom. The van der Waals surface area contributed by atoms with Crippen LogP contribution in [-0.4, -0.2) is 27.9 Å². The molecule has 0 aliphatic heterocycles. The molecule has 0 saturated heterocycles. The van der Waals surface area contributed by atoms with Gasteiger partial charge in [-0.3, -0.25) is 9.00 Å². The topological polar surface area (TPSA) is 96.3 Å². The first-order chi connectivity index (χ1) is 12.9. The van der Waals surface area contributed by atoms with Crippen LogP contribution in [0.2, 0.25) is 5.02 Å². The van der Waals surface area contributed by atoms with E-state index in [0.717, 1.165) is 0 Å². The maximum atomic E-state index is 12.4. The number of nitrogens with one attached hydrogen (secondary N) is 1. The van der Waals surface area contributed by atoms with Crippen LogP contribution < -0.4 is 5.32 Å². The Morgan fingerprint density at radius 2 is 2.00 bits per heavy atom. The standard InChI is InChI=1S/C19H17ClN2O4S/c1-3-27(25)17-7-5-4-6-15(17)19(24)26-12(2)18(23)22-14-9-8-13(11-21)16(20)10-14/h4-10,12H,3H2,1-2H3,(H,22,23)/t12-,27+/m1/s1. The molecule has 0 aromatic heterocycles. The molecule has 0 spiro atoms. The van der Waals surface area contributed by atoms with Crippen molar-refractivity contribution < 1.29 is 18.5 Å². The quantitative estimate of drug-likeness (QED) is 0.743. The van der Waals surface area contributed by atoms with E-state index in [4.69, 9.17) is 21.6 Å². The van der Waals surface area contributed by atoms with Gasteiger partial charge in [-0.15, -0.1) is 0 Å². The summed E-state index contributed by atoms with van der Waals surface area (Å²) < 4.78 is 17.3. The number of rotatable bonds is 6. The zero-order valence-corrected chi connectivity index (χ0v) is 16.3. The van der Waals surface area contributed by atoms with E-state index >= 15 is 0 Å². The van der Waals surface area contributed by atoms with Gasteiger partial charge in [0.05, 0.1) is 31.8 Å². The highest BCUT2D eigenvalue weighted by molar-refractivity contribution is 7.85. The minimum atomic E-state index is -1.33. The van der Waals surface area contributed by atoms with Crippen molar-refractivity contribution in [1.82, 2.24) is 0 Å². The molecule has 0 heterocycles. The molecule has 8 heteroatoms.